The summed E-state index contributed by atoms with van der Waals surface area (Å²) in [7, 11) is 0. The molecule has 1 aliphatic carbocycles. The van der Waals surface area contributed by atoms with E-state index in [-0.39, 0.29) is 5.92 Å². The minimum absolute atomic E-state index is 0.202. The van der Waals surface area contributed by atoms with Gasteiger partial charge in [0, 0.05) is 5.41 Å². The predicted molar refractivity (Wildman–Crippen MR) is 37.6 cm³/mol. The highest BCUT2D eigenvalue weighted by Crippen LogP contribution is 2.55. The van der Waals surface area contributed by atoms with Crippen LogP contribution in [0.4, 0.5) is 13.2 Å². The molecule has 0 heterocycles. The molecule has 70 valence electrons. The fraction of sp³-hybridized carbons (Fsp3) is 0.875. The summed E-state index contributed by atoms with van der Waals surface area (Å²) in [5, 5.41) is 0. The van der Waals surface area contributed by atoms with Gasteiger partial charge in [0.05, 0.1) is 0 Å². The van der Waals surface area contributed by atoms with Crippen molar-refractivity contribution in [1.82, 2.24) is 0 Å². The lowest BCUT2D eigenvalue weighted by molar-refractivity contribution is -0.178. The third-order valence-corrected chi connectivity index (χ3v) is 2.60. The number of carbonyl (C=O) groups is 1. The third-order valence-electron chi connectivity index (χ3n) is 2.60. The molecule has 1 saturated carbocycles. The summed E-state index contributed by atoms with van der Waals surface area (Å²) in [6.07, 6.45) is -3.87. The first-order valence-electron chi connectivity index (χ1n) is 3.92. The van der Waals surface area contributed by atoms with Crippen molar-refractivity contribution in [2.45, 2.75) is 32.9 Å². The van der Waals surface area contributed by atoms with Crippen LogP contribution in [0.15, 0.2) is 0 Å². The number of Topliss-reactive ketones (excluding diaryl/α,β-unsaturated/α-hetero) is 1. The van der Waals surface area contributed by atoms with Crippen molar-refractivity contribution in [2.24, 2.45) is 11.3 Å². The molecule has 0 atom stereocenters. The van der Waals surface area contributed by atoms with Crippen molar-refractivity contribution >= 4 is 5.78 Å². The molecule has 0 aromatic carbocycles. The van der Waals surface area contributed by atoms with Crippen LogP contribution >= 0.6 is 0 Å². The average Bonchev–Trinajstić information content (AvgIpc) is 2.62. The molecule has 1 aliphatic rings. The van der Waals surface area contributed by atoms with E-state index in [0.717, 1.165) is 0 Å². The Morgan fingerprint density at radius 3 is 1.83 bits per heavy atom. The van der Waals surface area contributed by atoms with Gasteiger partial charge >= 0.3 is 6.18 Å². The van der Waals surface area contributed by atoms with Crippen LogP contribution in [-0.2, 0) is 4.79 Å². The molecule has 1 nitrogen and oxygen atoms in total. The van der Waals surface area contributed by atoms with E-state index in [1.54, 1.807) is 13.8 Å². The molecule has 12 heavy (non-hydrogen) atoms. The molecule has 1 rings (SSSR count). The lowest BCUT2D eigenvalue weighted by Gasteiger charge is -2.19. The van der Waals surface area contributed by atoms with Crippen molar-refractivity contribution in [3.05, 3.63) is 0 Å². The molecule has 0 radical (unpaired) electrons. The van der Waals surface area contributed by atoms with Gasteiger partial charge in [0.2, 0.25) is 5.78 Å². The summed E-state index contributed by atoms with van der Waals surface area (Å²) < 4.78 is 36.0. The Kier molecular flexibility index (Phi) is 1.97. The Morgan fingerprint density at radius 1 is 1.33 bits per heavy atom. The minimum Gasteiger partial charge on any atom is -0.289 e. The second-order valence-corrected chi connectivity index (χ2v) is 3.64. The van der Waals surface area contributed by atoms with E-state index in [4.69, 9.17) is 0 Å². The zero-order valence-electron chi connectivity index (χ0n) is 7.03. The third kappa shape index (κ3) is 1.34. The smallest absolute Gasteiger partial charge is 0.289 e. The molecular formula is C8H11F3O. The molecule has 0 unspecified atom stereocenters. The molecule has 0 aromatic heterocycles. The number of rotatable bonds is 2. The highest BCUT2D eigenvalue weighted by atomic mass is 19.4. The molecule has 0 aromatic rings. The first-order valence-corrected chi connectivity index (χ1v) is 3.92. The van der Waals surface area contributed by atoms with Gasteiger partial charge in [-0.25, -0.2) is 0 Å². The van der Waals surface area contributed by atoms with Crippen molar-refractivity contribution in [3.63, 3.8) is 0 Å². The highest BCUT2D eigenvalue weighted by molar-refractivity contribution is 5.92. The Bertz CT molecular complexity index is 201. The Labute approximate surface area is 68.9 Å². The van der Waals surface area contributed by atoms with E-state index in [1.807, 2.05) is 0 Å². The second kappa shape index (κ2) is 2.47. The van der Waals surface area contributed by atoms with Crippen LogP contribution < -0.4 is 0 Å². The maximum atomic E-state index is 12.0. The molecule has 0 aliphatic heterocycles. The molecule has 0 saturated heterocycles. The molecule has 0 spiro atoms. The Balaban J connectivity index is 2.78. The van der Waals surface area contributed by atoms with E-state index in [2.05, 4.69) is 0 Å². The minimum atomic E-state index is -4.65. The van der Waals surface area contributed by atoms with Crippen molar-refractivity contribution in [3.8, 4) is 0 Å². The monoisotopic (exact) mass is 180 g/mol. The lowest BCUT2D eigenvalue weighted by atomic mass is 9.88. The van der Waals surface area contributed by atoms with E-state index >= 15 is 0 Å². The molecule has 0 N–H and O–H groups in total. The maximum absolute atomic E-state index is 12.0. The summed E-state index contributed by atoms with van der Waals surface area (Å²) in [6.45, 7) is 3.33. The largest absolute Gasteiger partial charge is 0.450 e. The first kappa shape index (κ1) is 9.55. The highest BCUT2D eigenvalue weighted by Gasteiger charge is 2.60. The van der Waals surface area contributed by atoms with Gasteiger partial charge in [-0.2, -0.15) is 13.2 Å². The SMILES string of the molecule is CC(C)C1(C(=O)C(F)(F)F)CC1. The molecule has 0 amide bonds. The van der Waals surface area contributed by atoms with Gasteiger partial charge in [-0.1, -0.05) is 13.8 Å². The number of ketones is 1. The fourth-order valence-electron chi connectivity index (χ4n) is 1.48. The van der Waals surface area contributed by atoms with Crippen LogP contribution in [-0.4, -0.2) is 12.0 Å². The number of carbonyl (C=O) groups excluding carboxylic acids is 1. The molecule has 4 heteroatoms. The van der Waals surface area contributed by atoms with Gasteiger partial charge in [0.15, 0.2) is 0 Å². The molecular weight excluding hydrogens is 169 g/mol. The fourth-order valence-corrected chi connectivity index (χ4v) is 1.48. The van der Waals surface area contributed by atoms with Crippen LogP contribution in [0.5, 0.6) is 0 Å². The zero-order chi connectivity index (χ0) is 9.57. The van der Waals surface area contributed by atoms with Gasteiger partial charge in [0.25, 0.3) is 0 Å². The predicted octanol–water partition coefficient (Wildman–Crippen LogP) is 2.55. The van der Waals surface area contributed by atoms with Gasteiger partial charge in [-0.15, -0.1) is 0 Å². The van der Waals surface area contributed by atoms with E-state index in [9.17, 15) is 18.0 Å². The molecule has 0 bridgehead atoms. The number of hydrogen-bond donors (Lipinski definition) is 0. The lowest BCUT2D eigenvalue weighted by Crippen LogP contribution is -2.34. The van der Waals surface area contributed by atoms with Crippen LogP contribution in [0.1, 0.15) is 26.7 Å². The van der Waals surface area contributed by atoms with E-state index < -0.39 is 17.4 Å². The number of halogens is 3. The summed E-state index contributed by atoms with van der Waals surface area (Å²) >= 11 is 0. The normalized spacial score (nSPS) is 21.2. The van der Waals surface area contributed by atoms with Crippen LogP contribution in [0.3, 0.4) is 0 Å². The Morgan fingerprint density at radius 2 is 1.75 bits per heavy atom. The van der Waals surface area contributed by atoms with Gasteiger partial charge in [0.1, 0.15) is 0 Å². The van der Waals surface area contributed by atoms with Gasteiger partial charge in [-0.05, 0) is 18.8 Å². The topological polar surface area (TPSA) is 17.1 Å². The van der Waals surface area contributed by atoms with Crippen LogP contribution in [0, 0.1) is 11.3 Å². The van der Waals surface area contributed by atoms with Crippen molar-refractivity contribution < 1.29 is 18.0 Å². The van der Waals surface area contributed by atoms with Crippen molar-refractivity contribution in [2.75, 3.05) is 0 Å². The first-order chi connectivity index (χ1) is 5.31. The maximum Gasteiger partial charge on any atom is 0.450 e. The van der Waals surface area contributed by atoms with E-state index in [0.29, 0.717) is 12.8 Å². The van der Waals surface area contributed by atoms with Crippen molar-refractivity contribution in [1.29, 1.82) is 0 Å². The zero-order valence-corrected chi connectivity index (χ0v) is 7.03. The Hall–Kier alpha value is -0.540. The standard InChI is InChI=1S/C8H11F3O/c1-5(2)7(3-4-7)6(12)8(9,10)11/h5H,3-4H2,1-2H3. The van der Waals surface area contributed by atoms with Crippen LogP contribution in [0.2, 0.25) is 0 Å². The average molecular weight is 180 g/mol. The second-order valence-electron chi connectivity index (χ2n) is 3.64. The van der Waals surface area contributed by atoms with Gasteiger partial charge in [-0.3, -0.25) is 4.79 Å². The number of hydrogen-bond acceptors (Lipinski definition) is 1. The summed E-state index contributed by atoms with van der Waals surface area (Å²) in [6, 6.07) is 0. The quantitative estimate of drug-likeness (QED) is 0.638. The summed E-state index contributed by atoms with van der Waals surface area (Å²) in [4.78, 5) is 10.9. The van der Waals surface area contributed by atoms with Gasteiger partial charge < -0.3 is 0 Å². The summed E-state index contributed by atoms with van der Waals surface area (Å²) in [5.74, 6) is -1.74. The number of alkyl halides is 3. The molecule has 1 fully saturated rings. The van der Waals surface area contributed by atoms with E-state index in [1.165, 1.54) is 0 Å². The summed E-state index contributed by atoms with van der Waals surface area (Å²) in [5.41, 5.74) is -1.07. The van der Waals surface area contributed by atoms with Crippen LogP contribution in [0.25, 0.3) is 0 Å².